The van der Waals surface area contributed by atoms with Gasteiger partial charge in [0.05, 0.1) is 19.4 Å². The second-order valence-corrected chi connectivity index (χ2v) is 6.46. The average Bonchev–Trinajstić information content (AvgIpc) is 3.04. The van der Waals surface area contributed by atoms with Gasteiger partial charge in [-0.15, -0.1) is 0 Å². The molecule has 0 atom stereocenters. The van der Waals surface area contributed by atoms with Gasteiger partial charge in [-0.25, -0.2) is 4.98 Å². The van der Waals surface area contributed by atoms with Crippen LogP contribution in [0.4, 0.5) is 5.82 Å². The summed E-state index contributed by atoms with van der Waals surface area (Å²) in [6.07, 6.45) is 3.37. The molecule has 0 spiro atoms. The molecular formula is C16H19BrN4O2. The third-order valence-electron chi connectivity index (χ3n) is 3.79. The number of hydrogen-bond acceptors (Lipinski definition) is 5. The number of rotatable bonds is 5. The number of carbonyl (C=O) groups is 1. The number of anilines is 1. The van der Waals surface area contributed by atoms with Crippen LogP contribution in [-0.4, -0.2) is 53.4 Å². The first-order chi connectivity index (χ1) is 11.2. The van der Waals surface area contributed by atoms with E-state index < -0.39 is 0 Å². The van der Waals surface area contributed by atoms with Crippen LogP contribution in [0.2, 0.25) is 0 Å². The van der Waals surface area contributed by atoms with E-state index in [4.69, 9.17) is 4.42 Å². The first-order valence-electron chi connectivity index (χ1n) is 7.57. The van der Waals surface area contributed by atoms with E-state index in [9.17, 15) is 4.79 Å². The van der Waals surface area contributed by atoms with Crippen molar-refractivity contribution in [2.75, 3.05) is 38.0 Å². The Balaban J connectivity index is 1.41. The van der Waals surface area contributed by atoms with Gasteiger partial charge in [0.25, 0.3) is 0 Å². The van der Waals surface area contributed by atoms with Gasteiger partial charge in [0.1, 0.15) is 11.6 Å². The molecule has 23 heavy (non-hydrogen) atoms. The minimum atomic E-state index is -0.0284. The topological polar surface area (TPSA) is 61.6 Å². The second-order valence-electron chi connectivity index (χ2n) is 5.54. The molecule has 1 aliphatic rings. The fourth-order valence-electron chi connectivity index (χ4n) is 2.56. The number of halogens is 1. The molecule has 0 saturated carbocycles. The fourth-order valence-corrected chi connectivity index (χ4v) is 2.80. The standard InChI is InChI=1S/C16H19BrN4O2/c17-13-3-4-15(18-10-13)19-16(22)12-21-7-5-20(6-8-21)11-14-2-1-9-23-14/h1-4,9-10H,5-8,11-12H2,(H,18,19,22). The summed E-state index contributed by atoms with van der Waals surface area (Å²) in [4.78, 5) is 20.7. The molecule has 0 unspecified atom stereocenters. The molecule has 7 heteroatoms. The van der Waals surface area contributed by atoms with E-state index in [1.807, 2.05) is 18.2 Å². The Hall–Kier alpha value is -1.70. The summed E-state index contributed by atoms with van der Waals surface area (Å²) in [6, 6.07) is 7.54. The molecule has 122 valence electrons. The lowest BCUT2D eigenvalue weighted by Gasteiger charge is -2.33. The monoisotopic (exact) mass is 378 g/mol. The molecule has 2 aromatic heterocycles. The number of carbonyl (C=O) groups excluding carboxylic acids is 1. The van der Waals surface area contributed by atoms with Crippen LogP contribution in [0.1, 0.15) is 5.76 Å². The summed E-state index contributed by atoms with van der Waals surface area (Å²) in [5, 5.41) is 2.82. The zero-order valence-corrected chi connectivity index (χ0v) is 14.3. The van der Waals surface area contributed by atoms with Crippen LogP contribution in [0.15, 0.2) is 45.6 Å². The van der Waals surface area contributed by atoms with Gasteiger partial charge in [-0.05, 0) is 40.2 Å². The number of piperazine rings is 1. The Morgan fingerprint density at radius 1 is 1.22 bits per heavy atom. The van der Waals surface area contributed by atoms with Gasteiger partial charge >= 0.3 is 0 Å². The van der Waals surface area contributed by atoms with E-state index in [2.05, 4.69) is 36.0 Å². The molecule has 1 N–H and O–H groups in total. The molecule has 0 bridgehead atoms. The summed E-state index contributed by atoms with van der Waals surface area (Å²) in [5.41, 5.74) is 0. The van der Waals surface area contributed by atoms with Crippen molar-refractivity contribution >= 4 is 27.7 Å². The zero-order valence-electron chi connectivity index (χ0n) is 12.7. The smallest absolute Gasteiger partial charge is 0.239 e. The molecule has 0 radical (unpaired) electrons. The summed E-state index contributed by atoms with van der Waals surface area (Å²) in [7, 11) is 0. The molecular weight excluding hydrogens is 360 g/mol. The van der Waals surface area contributed by atoms with Crippen molar-refractivity contribution in [2.24, 2.45) is 0 Å². The Kier molecular flexibility index (Phi) is 5.43. The van der Waals surface area contributed by atoms with Crippen LogP contribution in [0.5, 0.6) is 0 Å². The molecule has 3 heterocycles. The molecule has 0 aliphatic carbocycles. The van der Waals surface area contributed by atoms with Crippen LogP contribution in [0.25, 0.3) is 0 Å². The maximum absolute atomic E-state index is 12.1. The number of amides is 1. The van der Waals surface area contributed by atoms with Gasteiger partial charge in [-0.2, -0.15) is 0 Å². The quantitative estimate of drug-likeness (QED) is 0.863. The van der Waals surface area contributed by atoms with E-state index >= 15 is 0 Å². The molecule has 1 amide bonds. The van der Waals surface area contributed by atoms with E-state index in [1.165, 1.54) is 0 Å². The molecule has 3 rings (SSSR count). The Bertz CT molecular complexity index is 622. The maximum atomic E-state index is 12.1. The highest BCUT2D eigenvalue weighted by molar-refractivity contribution is 9.10. The Morgan fingerprint density at radius 3 is 2.65 bits per heavy atom. The third kappa shape index (κ3) is 4.89. The lowest BCUT2D eigenvalue weighted by Crippen LogP contribution is -2.48. The maximum Gasteiger partial charge on any atom is 0.239 e. The van der Waals surface area contributed by atoms with Crippen molar-refractivity contribution in [2.45, 2.75) is 6.54 Å². The number of nitrogens with zero attached hydrogens (tertiary/aromatic N) is 3. The number of aromatic nitrogens is 1. The van der Waals surface area contributed by atoms with Gasteiger partial charge in [0, 0.05) is 36.8 Å². The predicted octanol–water partition coefficient (Wildman–Crippen LogP) is 2.19. The number of nitrogens with one attached hydrogen (secondary N) is 1. The molecule has 1 saturated heterocycles. The SMILES string of the molecule is O=C(CN1CCN(Cc2ccco2)CC1)Nc1ccc(Br)cn1. The van der Waals surface area contributed by atoms with Crippen LogP contribution < -0.4 is 5.32 Å². The lowest BCUT2D eigenvalue weighted by atomic mass is 10.3. The lowest BCUT2D eigenvalue weighted by molar-refractivity contribution is -0.117. The van der Waals surface area contributed by atoms with E-state index in [0.29, 0.717) is 12.4 Å². The molecule has 0 aromatic carbocycles. The highest BCUT2D eigenvalue weighted by atomic mass is 79.9. The van der Waals surface area contributed by atoms with Gasteiger partial charge in [-0.1, -0.05) is 0 Å². The van der Waals surface area contributed by atoms with Crippen molar-refractivity contribution in [1.29, 1.82) is 0 Å². The van der Waals surface area contributed by atoms with E-state index in [0.717, 1.165) is 43.0 Å². The first kappa shape index (κ1) is 16.2. The minimum absolute atomic E-state index is 0.0284. The molecule has 2 aromatic rings. The van der Waals surface area contributed by atoms with Crippen LogP contribution >= 0.6 is 15.9 Å². The summed E-state index contributed by atoms with van der Waals surface area (Å²) >= 11 is 3.32. The van der Waals surface area contributed by atoms with Crippen molar-refractivity contribution in [3.05, 3.63) is 47.0 Å². The van der Waals surface area contributed by atoms with Gasteiger partial charge < -0.3 is 9.73 Å². The van der Waals surface area contributed by atoms with Crippen molar-refractivity contribution in [3.63, 3.8) is 0 Å². The summed E-state index contributed by atoms with van der Waals surface area (Å²) < 4.78 is 6.26. The number of pyridine rings is 1. The normalized spacial score (nSPS) is 16.4. The van der Waals surface area contributed by atoms with Gasteiger partial charge in [0.15, 0.2) is 0 Å². The van der Waals surface area contributed by atoms with Crippen molar-refractivity contribution in [3.8, 4) is 0 Å². The number of furan rings is 1. The van der Waals surface area contributed by atoms with Gasteiger partial charge in [-0.3, -0.25) is 14.6 Å². The van der Waals surface area contributed by atoms with Crippen LogP contribution in [0, 0.1) is 0 Å². The zero-order chi connectivity index (χ0) is 16.1. The molecule has 6 nitrogen and oxygen atoms in total. The summed E-state index contributed by atoms with van der Waals surface area (Å²) in [5.74, 6) is 1.53. The van der Waals surface area contributed by atoms with Crippen molar-refractivity contribution in [1.82, 2.24) is 14.8 Å². The van der Waals surface area contributed by atoms with Gasteiger partial charge in [0.2, 0.25) is 5.91 Å². The van der Waals surface area contributed by atoms with Crippen molar-refractivity contribution < 1.29 is 9.21 Å². The first-order valence-corrected chi connectivity index (χ1v) is 8.37. The third-order valence-corrected chi connectivity index (χ3v) is 4.26. The average molecular weight is 379 g/mol. The summed E-state index contributed by atoms with van der Waals surface area (Å²) in [6.45, 7) is 4.85. The second kappa shape index (κ2) is 7.72. The Morgan fingerprint density at radius 2 is 2.00 bits per heavy atom. The molecule has 1 aliphatic heterocycles. The van der Waals surface area contributed by atoms with Crippen LogP contribution in [0.3, 0.4) is 0 Å². The predicted molar refractivity (Wildman–Crippen MR) is 91.0 cm³/mol. The largest absolute Gasteiger partial charge is 0.468 e. The highest BCUT2D eigenvalue weighted by Gasteiger charge is 2.19. The number of hydrogen-bond donors (Lipinski definition) is 1. The highest BCUT2D eigenvalue weighted by Crippen LogP contribution is 2.11. The van der Waals surface area contributed by atoms with E-state index in [-0.39, 0.29) is 5.91 Å². The Labute approximate surface area is 143 Å². The minimum Gasteiger partial charge on any atom is -0.468 e. The van der Waals surface area contributed by atoms with E-state index in [1.54, 1.807) is 18.5 Å². The fraction of sp³-hybridized carbons (Fsp3) is 0.375. The molecule has 1 fully saturated rings. The van der Waals surface area contributed by atoms with Crippen LogP contribution in [-0.2, 0) is 11.3 Å².